The van der Waals surface area contributed by atoms with Crippen LogP contribution in [-0.4, -0.2) is 24.0 Å². The Morgan fingerprint density at radius 1 is 1.15 bits per heavy atom. The third-order valence-corrected chi connectivity index (χ3v) is 3.04. The first kappa shape index (κ1) is 14.2. The number of rotatable bonds is 6. The topological polar surface area (TPSA) is 45.2 Å². The number of anilines is 1. The second kappa shape index (κ2) is 7.40. The zero-order chi connectivity index (χ0) is 14.2. The van der Waals surface area contributed by atoms with Gasteiger partial charge >= 0.3 is 0 Å². The summed E-state index contributed by atoms with van der Waals surface area (Å²) >= 11 is 0. The van der Waals surface area contributed by atoms with Crippen molar-refractivity contribution in [3.05, 3.63) is 60.4 Å². The van der Waals surface area contributed by atoms with Crippen LogP contribution >= 0.6 is 0 Å². The molecule has 4 nitrogen and oxygen atoms in total. The van der Waals surface area contributed by atoms with E-state index in [4.69, 9.17) is 0 Å². The van der Waals surface area contributed by atoms with Crippen molar-refractivity contribution in [3.63, 3.8) is 0 Å². The lowest BCUT2D eigenvalue weighted by Crippen LogP contribution is -2.38. The highest BCUT2D eigenvalue weighted by Crippen LogP contribution is 2.12. The minimum absolute atomic E-state index is 0.0766. The van der Waals surface area contributed by atoms with Gasteiger partial charge in [0.1, 0.15) is 0 Å². The molecule has 0 atom stereocenters. The van der Waals surface area contributed by atoms with Crippen molar-refractivity contribution in [3.8, 4) is 0 Å². The van der Waals surface area contributed by atoms with Crippen LogP contribution in [0.5, 0.6) is 0 Å². The fourth-order valence-corrected chi connectivity index (χ4v) is 2.02. The van der Waals surface area contributed by atoms with Crippen molar-refractivity contribution < 1.29 is 4.79 Å². The van der Waals surface area contributed by atoms with Crippen LogP contribution in [0.25, 0.3) is 0 Å². The molecule has 0 unspecified atom stereocenters. The molecular weight excluding hydrogens is 250 g/mol. The molecule has 4 heteroatoms. The van der Waals surface area contributed by atoms with E-state index < -0.39 is 0 Å². The van der Waals surface area contributed by atoms with E-state index in [0.29, 0.717) is 19.6 Å². The third-order valence-electron chi connectivity index (χ3n) is 3.04. The zero-order valence-electron chi connectivity index (χ0n) is 11.6. The number of pyridine rings is 1. The van der Waals surface area contributed by atoms with Gasteiger partial charge in [-0.25, -0.2) is 0 Å². The second-order valence-corrected chi connectivity index (χ2v) is 4.43. The number of nitrogens with zero attached hydrogens (tertiary/aromatic N) is 2. The molecule has 1 aromatic heterocycles. The smallest absolute Gasteiger partial charge is 0.240 e. The molecule has 0 aliphatic heterocycles. The Labute approximate surface area is 119 Å². The van der Waals surface area contributed by atoms with Crippen LogP contribution in [0.4, 0.5) is 5.69 Å². The quantitative estimate of drug-likeness (QED) is 0.874. The molecule has 0 bridgehead atoms. The van der Waals surface area contributed by atoms with Gasteiger partial charge in [0, 0.05) is 31.2 Å². The molecule has 1 amide bonds. The van der Waals surface area contributed by atoms with Crippen molar-refractivity contribution in [1.82, 2.24) is 10.3 Å². The minimum atomic E-state index is 0.0766. The normalized spacial score (nSPS) is 10.2. The summed E-state index contributed by atoms with van der Waals surface area (Å²) in [7, 11) is 0. The van der Waals surface area contributed by atoms with Gasteiger partial charge in [-0.1, -0.05) is 18.2 Å². The molecule has 0 radical (unpaired) electrons. The van der Waals surface area contributed by atoms with Gasteiger partial charge in [0.15, 0.2) is 0 Å². The van der Waals surface area contributed by atoms with Crippen LogP contribution in [0.1, 0.15) is 12.5 Å². The zero-order valence-corrected chi connectivity index (χ0v) is 11.6. The lowest BCUT2D eigenvalue weighted by molar-refractivity contribution is -0.117. The van der Waals surface area contributed by atoms with Crippen LogP contribution in [0.15, 0.2) is 54.9 Å². The minimum Gasteiger partial charge on any atom is -0.312 e. The molecule has 0 saturated heterocycles. The highest BCUT2D eigenvalue weighted by Gasteiger charge is 2.12. The highest BCUT2D eigenvalue weighted by molar-refractivity contribution is 5.94. The second-order valence-electron chi connectivity index (χ2n) is 4.43. The van der Waals surface area contributed by atoms with E-state index in [0.717, 1.165) is 11.3 Å². The van der Waals surface area contributed by atoms with E-state index in [1.54, 1.807) is 17.3 Å². The van der Waals surface area contributed by atoms with E-state index >= 15 is 0 Å². The van der Waals surface area contributed by atoms with Crippen molar-refractivity contribution in [2.75, 3.05) is 18.0 Å². The largest absolute Gasteiger partial charge is 0.312 e. The summed E-state index contributed by atoms with van der Waals surface area (Å²) in [4.78, 5) is 18.0. The maximum absolute atomic E-state index is 12.2. The molecule has 1 aromatic carbocycles. The molecule has 1 N–H and O–H groups in total. The summed E-state index contributed by atoms with van der Waals surface area (Å²) in [5.41, 5.74) is 2.06. The number of carbonyl (C=O) groups is 1. The van der Waals surface area contributed by atoms with Gasteiger partial charge < -0.3 is 10.2 Å². The number of amides is 1. The Kier molecular flexibility index (Phi) is 5.26. The molecule has 0 aliphatic carbocycles. The standard InChI is InChI=1S/C16H19N3O/c1-2-19(15-6-4-3-5-7-15)16(20)13-18-12-14-8-10-17-11-9-14/h3-11,18H,2,12-13H2,1H3. The van der Waals surface area contributed by atoms with E-state index in [2.05, 4.69) is 10.3 Å². The first-order chi connectivity index (χ1) is 9.81. The Bertz CT molecular complexity index is 528. The monoisotopic (exact) mass is 269 g/mol. The number of para-hydroxylation sites is 1. The van der Waals surface area contributed by atoms with Gasteiger partial charge in [-0.3, -0.25) is 9.78 Å². The van der Waals surface area contributed by atoms with E-state index in [1.165, 1.54) is 0 Å². The summed E-state index contributed by atoms with van der Waals surface area (Å²) in [6.45, 7) is 3.64. The average molecular weight is 269 g/mol. The first-order valence-corrected chi connectivity index (χ1v) is 6.76. The number of carbonyl (C=O) groups excluding carboxylic acids is 1. The van der Waals surface area contributed by atoms with Gasteiger partial charge in [-0.2, -0.15) is 0 Å². The summed E-state index contributed by atoms with van der Waals surface area (Å²) in [5, 5.41) is 3.17. The van der Waals surface area contributed by atoms with Gasteiger partial charge in [-0.05, 0) is 36.8 Å². The fraction of sp³-hybridized carbons (Fsp3) is 0.250. The Hall–Kier alpha value is -2.20. The van der Waals surface area contributed by atoms with Crippen molar-refractivity contribution >= 4 is 11.6 Å². The summed E-state index contributed by atoms with van der Waals surface area (Å²) < 4.78 is 0. The van der Waals surface area contributed by atoms with Crippen molar-refractivity contribution in [2.45, 2.75) is 13.5 Å². The van der Waals surface area contributed by atoms with E-state index in [9.17, 15) is 4.79 Å². The Balaban J connectivity index is 1.87. The number of hydrogen-bond donors (Lipinski definition) is 1. The number of aromatic nitrogens is 1. The summed E-state index contributed by atoms with van der Waals surface area (Å²) in [6, 6.07) is 13.6. The molecule has 2 rings (SSSR count). The molecule has 0 fully saturated rings. The molecule has 0 saturated carbocycles. The van der Waals surface area contributed by atoms with Crippen molar-refractivity contribution in [1.29, 1.82) is 0 Å². The number of nitrogens with one attached hydrogen (secondary N) is 1. The predicted molar refractivity (Wildman–Crippen MR) is 80.4 cm³/mol. The number of hydrogen-bond acceptors (Lipinski definition) is 3. The molecule has 1 heterocycles. The average Bonchev–Trinajstić information content (AvgIpc) is 2.50. The van der Waals surface area contributed by atoms with Crippen LogP contribution in [0.2, 0.25) is 0 Å². The molecule has 0 spiro atoms. The predicted octanol–water partition coefficient (Wildman–Crippen LogP) is 2.22. The maximum Gasteiger partial charge on any atom is 0.240 e. The summed E-state index contributed by atoms with van der Waals surface area (Å²) in [6.07, 6.45) is 3.50. The molecular formula is C16H19N3O. The fourth-order valence-electron chi connectivity index (χ4n) is 2.02. The van der Waals surface area contributed by atoms with E-state index in [1.807, 2.05) is 49.4 Å². The lowest BCUT2D eigenvalue weighted by atomic mass is 10.2. The number of likely N-dealkylation sites (N-methyl/N-ethyl adjacent to an activating group) is 1. The highest BCUT2D eigenvalue weighted by atomic mass is 16.2. The first-order valence-electron chi connectivity index (χ1n) is 6.76. The molecule has 2 aromatic rings. The van der Waals surface area contributed by atoms with Crippen molar-refractivity contribution in [2.24, 2.45) is 0 Å². The lowest BCUT2D eigenvalue weighted by Gasteiger charge is -2.21. The summed E-state index contributed by atoms with van der Waals surface area (Å²) in [5.74, 6) is 0.0766. The SMILES string of the molecule is CCN(C(=O)CNCc1ccncc1)c1ccccc1. The van der Waals surface area contributed by atoms with Crippen LogP contribution in [-0.2, 0) is 11.3 Å². The molecule has 20 heavy (non-hydrogen) atoms. The van der Waals surface area contributed by atoms with Crippen LogP contribution in [0, 0.1) is 0 Å². The molecule has 104 valence electrons. The maximum atomic E-state index is 12.2. The van der Waals surface area contributed by atoms with Crippen LogP contribution in [0.3, 0.4) is 0 Å². The molecule has 0 aliphatic rings. The third kappa shape index (κ3) is 3.90. The van der Waals surface area contributed by atoms with E-state index in [-0.39, 0.29) is 5.91 Å². The number of benzene rings is 1. The van der Waals surface area contributed by atoms with Crippen LogP contribution < -0.4 is 10.2 Å². The van der Waals surface area contributed by atoms with Gasteiger partial charge in [0.25, 0.3) is 0 Å². The van der Waals surface area contributed by atoms with Gasteiger partial charge in [-0.15, -0.1) is 0 Å². The van der Waals surface area contributed by atoms with Gasteiger partial charge in [0.05, 0.1) is 6.54 Å². The Morgan fingerprint density at radius 2 is 1.85 bits per heavy atom. The Morgan fingerprint density at radius 3 is 2.50 bits per heavy atom. The van der Waals surface area contributed by atoms with Gasteiger partial charge in [0.2, 0.25) is 5.91 Å².